The molecule has 0 radical (unpaired) electrons. The maximum Gasteiger partial charge on any atom is 0.261 e. The van der Waals surface area contributed by atoms with Crippen LogP contribution in [0.2, 0.25) is 0 Å². The fraction of sp³-hybridized carbons (Fsp3) is 0.211. The molecule has 1 amide bonds. The van der Waals surface area contributed by atoms with E-state index in [-0.39, 0.29) is 24.1 Å². The summed E-state index contributed by atoms with van der Waals surface area (Å²) in [5, 5.41) is 3.26. The Morgan fingerprint density at radius 2 is 1.92 bits per heavy atom. The van der Waals surface area contributed by atoms with E-state index in [4.69, 9.17) is 9.47 Å². The molecule has 2 aromatic carbocycles. The number of para-hydroxylation sites is 3. The Kier molecular flexibility index (Phi) is 4.27. The monoisotopic (exact) mass is 351 g/mol. The highest BCUT2D eigenvalue weighted by atomic mass is 16.6. The average Bonchev–Trinajstić information content (AvgIpc) is 2.68. The van der Waals surface area contributed by atoms with Crippen LogP contribution in [-0.4, -0.2) is 34.7 Å². The van der Waals surface area contributed by atoms with Crippen molar-refractivity contribution < 1.29 is 14.3 Å². The topological polar surface area (TPSA) is 82.5 Å². The van der Waals surface area contributed by atoms with Gasteiger partial charge in [0.05, 0.1) is 23.8 Å². The van der Waals surface area contributed by atoms with Gasteiger partial charge >= 0.3 is 0 Å². The van der Waals surface area contributed by atoms with Gasteiger partial charge in [-0.1, -0.05) is 24.3 Å². The van der Waals surface area contributed by atoms with Gasteiger partial charge in [-0.2, -0.15) is 0 Å². The van der Waals surface area contributed by atoms with E-state index in [0.29, 0.717) is 35.6 Å². The van der Waals surface area contributed by atoms with E-state index in [2.05, 4.69) is 10.3 Å². The highest BCUT2D eigenvalue weighted by Crippen LogP contribution is 2.30. The SMILES string of the molecule is O=C(Cn1cnc2ccccc2c1=O)NC[C@H]1COc2ccccc2O1. The number of carbonyl (C=O) groups is 1. The number of nitrogens with zero attached hydrogens (tertiary/aromatic N) is 2. The van der Waals surface area contributed by atoms with Gasteiger partial charge in [0.25, 0.3) is 5.56 Å². The Morgan fingerprint density at radius 3 is 2.81 bits per heavy atom. The standard InChI is InChI=1S/C19H17N3O4/c23-18(10-22-12-21-15-6-2-1-5-14(15)19(22)24)20-9-13-11-25-16-7-3-4-8-17(16)26-13/h1-8,12-13H,9-11H2,(H,20,23)/t13-/m0/s1. The summed E-state index contributed by atoms with van der Waals surface area (Å²) in [6.07, 6.45) is 1.11. The summed E-state index contributed by atoms with van der Waals surface area (Å²) in [5.41, 5.74) is 0.373. The minimum atomic E-state index is -0.286. The zero-order valence-corrected chi connectivity index (χ0v) is 13.9. The Hall–Kier alpha value is -3.35. The third-order valence-corrected chi connectivity index (χ3v) is 4.14. The Balaban J connectivity index is 1.38. The number of benzene rings is 2. The molecule has 0 saturated heterocycles. The highest BCUT2D eigenvalue weighted by molar-refractivity contribution is 5.78. The molecular formula is C19H17N3O4. The minimum Gasteiger partial charge on any atom is -0.486 e. The first-order valence-corrected chi connectivity index (χ1v) is 8.30. The van der Waals surface area contributed by atoms with Gasteiger partial charge in [0, 0.05) is 0 Å². The molecule has 1 atom stereocenters. The van der Waals surface area contributed by atoms with Gasteiger partial charge in [-0.3, -0.25) is 14.2 Å². The molecule has 0 unspecified atom stereocenters. The molecule has 1 aromatic heterocycles. The summed E-state index contributed by atoms with van der Waals surface area (Å²) in [5.74, 6) is 1.07. The molecule has 0 aliphatic carbocycles. The summed E-state index contributed by atoms with van der Waals surface area (Å²) >= 11 is 0. The van der Waals surface area contributed by atoms with Gasteiger partial charge in [0.15, 0.2) is 11.5 Å². The maximum absolute atomic E-state index is 12.4. The van der Waals surface area contributed by atoms with E-state index in [1.807, 2.05) is 30.3 Å². The number of rotatable bonds is 4. The summed E-state index contributed by atoms with van der Waals surface area (Å²) in [4.78, 5) is 28.8. The number of carbonyl (C=O) groups excluding carboxylic acids is 1. The van der Waals surface area contributed by atoms with E-state index < -0.39 is 0 Å². The zero-order chi connectivity index (χ0) is 17.9. The number of ether oxygens (including phenoxy) is 2. The van der Waals surface area contributed by atoms with Crippen molar-refractivity contribution in [3.63, 3.8) is 0 Å². The van der Waals surface area contributed by atoms with E-state index in [9.17, 15) is 9.59 Å². The lowest BCUT2D eigenvalue weighted by Gasteiger charge is -2.26. The first-order chi connectivity index (χ1) is 12.7. The van der Waals surface area contributed by atoms with Crippen LogP contribution in [0, 0.1) is 0 Å². The molecule has 0 saturated carbocycles. The lowest BCUT2D eigenvalue weighted by Crippen LogP contribution is -2.42. The van der Waals surface area contributed by atoms with E-state index in [0.717, 1.165) is 0 Å². The Labute approximate surface area is 149 Å². The summed E-state index contributed by atoms with van der Waals surface area (Å²) in [6, 6.07) is 14.4. The zero-order valence-electron chi connectivity index (χ0n) is 13.9. The molecule has 26 heavy (non-hydrogen) atoms. The lowest BCUT2D eigenvalue weighted by molar-refractivity contribution is -0.122. The van der Waals surface area contributed by atoms with Crippen molar-refractivity contribution in [3.8, 4) is 11.5 Å². The van der Waals surface area contributed by atoms with Crippen molar-refractivity contribution in [1.82, 2.24) is 14.9 Å². The second kappa shape index (κ2) is 6.87. The summed E-state index contributed by atoms with van der Waals surface area (Å²) in [6.45, 7) is 0.554. The van der Waals surface area contributed by atoms with Crippen molar-refractivity contribution in [3.05, 3.63) is 65.2 Å². The van der Waals surface area contributed by atoms with Crippen LogP contribution in [0.1, 0.15) is 0 Å². The number of aromatic nitrogens is 2. The fourth-order valence-corrected chi connectivity index (χ4v) is 2.82. The number of nitrogens with one attached hydrogen (secondary N) is 1. The Bertz CT molecular complexity index is 1010. The Morgan fingerprint density at radius 1 is 1.15 bits per heavy atom. The van der Waals surface area contributed by atoms with Crippen LogP contribution < -0.4 is 20.3 Å². The normalized spacial score (nSPS) is 15.6. The molecule has 0 bridgehead atoms. The fourth-order valence-electron chi connectivity index (χ4n) is 2.82. The predicted molar refractivity (Wildman–Crippen MR) is 95.4 cm³/mol. The van der Waals surface area contributed by atoms with Crippen molar-refractivity contribution >= 4 is 16.8 Å². The van der Waals surface area contributed by atoms with Crippen molar-refractivity contribution in [2.45, 2.75) is 12.6 Å². The van der Waals surface area contributed by atoms with Gasteiger partial charge < -0.3 is 14.8 Å². The van der Waals surface area contributed by atoms with Crippen LogP contribution in [0.3, 0.4) is 0 Å². The summed E-state index contributed by atoms with van der Waals surface area (Å²) < 4.78 is 12.7. The van der Waals surface area contributed by atoms with Gasteiger partial charge in [0.2, 0.25) is 5.91 Å². The first kappa shape index (κ1) is 16.1. The second-order valence-corrected chi connectivity index (χ2v) is 6.00. The lowest BCUT2D eigenvalue weighted by atomic mass is 10.2. The summed E-state index contributed by atoms with van der Waals surface area (Å²) in [7, 11) is 0. The predicted octanol–water partition coefficient (Wildman–Crippen LogP) is 1.35. The number of hydrogen-bond donors (Lipinski definition) is 1. The molecule has 0 fully saturated rings. The van der Waals surface area contributed by atoms with Gasteiger partial charge in [-0.25, -0.2) is 4.98 Å². The van der Waals surface area contributed by atoms with Crippen molar-refractivity contribution in [1.29, 1.82) is 0 Å². The molecule has 3 aromatic rings. The molecule has 132 valence electrons. The highest BCUT2D eigenvalue weighted by Gasteiger charge is 2.21. The molecule has 7 heteroatoms. The van der Waals surface area contributed by atoms with E-state index in [1.54, 1.807) is 18.2 Å². The van der Waals surface area contributed by atoms with E-state index in [1.165, 1.54) is 10.9 Å². The van der Waals surface area contributed by atoms with Crippen LogP contribution in [0.15, 0.2) is 59.7 Å². The van der Waals surface area contributed by atoms with Crippen molar-refractivity contribution in [2.24, 2.45) is 0 Å². The molecule has 2 heterocycles. The number of fused-ring (bicyclic) bond motifs is 2. The molecule has 0 spiro atoms. The first-order valence-electron chi connectivity index (χ1n) is 8.30. The average molecular weight is 351 g/mol. The van der Waals surface area contributed by atoms with Crippen LogP contribution >= 0.6 is 0 Å². The number of hydrogen-bond acceptors (Lipinski definition) is 5. The largest absolute Gasteiger partial charge is 0.486 e. The third kappa shape index (κ3) is 3.23. The van der Waals surface area contributed by atoms with Crippen LogP contribution in [0.5, 0.6) is 11.5 Å². The van der Waals surface area contributed by atoms with Gasteiger partial charge in [-0.05, 0) is 24.3 Å². The van der Waals surface area contributed by atoms with Crippen molar-refractivity contribution in [2.75, 3.05) is 13.2 Å². The quantitative estimate of drug-likeness (QED) is 0.767. The van der Waals surface area contributed by atoms with Crippen LogP contribution in [0.4, 0.5) is 0 Å². The minimum absolute atomic E-state index is 0.0964. The van der Waals surface area contributed by atoms with Crippen LogP contribution in [-0.2, 0) is 11.3 Å². The number of amides is 1. The molecule has 1 aliphatic heterocycles. The maximum atomic E-state index is 12.4. The molecule has 1 aliphatic rings. The molecular weight excluding hydrogens is 334 g/mol. The smallest absolute Gasteiger partial charge is 0.261 e. The third-order valence-electron chi connectivity index (χ3n) is 4.14. The molecule has 4 rings (SSSR count). The molecule has 1 N–H and O–H groups in total. The second-order valence-electron chi connectivity index (χ2n) is 6.00. The van der Waals surface area contributed by atoms with Gasteiger partial charge in [0.1, 0.15) is 19.3 Å². The van der Waals surface area contributed by atoms with Gasteiger partial charge in [-0.15, -0.1) is 0 Å². The van der Waals surface area contributed by atoms with Crippen LogP contribution in [0.25, 0.3) is 10.9 Å². The van der Waals surface area contributed by atoms with E-state index >= 15 is 0 Å². The molecule has 7 nitrogen and oxygen atoms in total.